The Morgan fingerprint density at radius 3 is 1.80 bits per heavy atom. The molecule has 0 spiro atoms. The fraction of sp³-hybridized carbons (Fsp3) is 0.824. The summed E-state index contributed by atoms with van der Waals surface area (Å²) < 4.78 is 0. The first-order chi connectivity index (χ1) is 9.61. The zero-order valence-corrected chi connectivity index (χ0v) is 13.5. The van der Waals surface area contributed by atoms with E-state index in [1.807, 2.05) is 0 Å². The number of unbranched alkanes of at least 4 members (excludes halogenated alkanes) is 6. The van der Waals surface area contributed by atoms with Gasteiger partial charge in [-0.05, 0) is 32.4 Å². The van der Waals surface area contributed by atoms with Crippen LogP contribution in [0.3, 0.4) is 0 Å². The van der Waals surface area contributed by atoms with Gasteiger partial charge in [-0.15, -0.1) is 0 Å². The summed E-state index contributed by atoms with van der Waals surface area (Å²) in [5.41, 5.74) is 0.331. The van der Waals surface area contributed by atoms with Crippen LogP contribution in [0, 0.1) is 0 Å². The van der Waals surface area contributed by atoms with E-state index in [1.54, 1.807) is 0 Å². The summed E-state index contributed by atoms with van der Waals surface area (Å²) >= 11 is 0. The minimum atomic E-state index is -0.859. The molecule has 0 fully saturated rings. The molecule has 0 rings (SSSR count). The van der Waals surface area contributed by atoms with E-state index in [0.29, 0.717) is 12.0 Å². The second kappa shape index (κ2) is 13.2. The van der Waals surface area contributed by atoms with Crippen molar-refractivity contribution in [3.05, 3.63) is 12.2 Å². The van der Waals surface area contributed by atoms with Gasteiger partial charge in [0.2, 0.25) is 0 Å². The lowest BCUT2D eigenvalue weighted by molar-refractivity contribution is -0.132. The van der Waals surface area contributed by atoms with Crippen molar-refractivity contribution in [2.45, 2.75) is 71.6 Å². The third-order valence-corrected chi connectivity index (χ3v) is 3.69. The van der Waals surface area contributed by atoms with Crippen LogP contribution in [0.25, 0.3) is 0 Å². The Morgan fingerprint density at radius 2 is 1.40 bits per heavy atom. The van der Waals surface area contributed by atoms with E-state index < -0.39 is 5.97 Å². The van der Waals surface area contributed by atoms with Crippen molar-refractivity contribution in [1.29, 1.82) is 0 Å². The first-order valence-corrected chi connectivity index (χ1v) is 8.25. The molecule has 3 nitrogen and oxygen atoms in total. The van der Waals surface area contributed by atoms with E-state index in [4.69, 9.17) is 5.11 Å². The van der Waals surface area contributed by atoms with Crippen LogP contribution in [0.5, 0.6) is 0 Å². The fourth-order valence-corrected chi connectivity index (χ4v) is 2.26. The average Bonchev–Trinajstić information content (AvgIpc) is 2.43. The molecule has 0 saturated heterocycles. The maximum absolute atomic E-state index is 10.8. The Hall–Kier alpha value is -0.830. The van der Waals surface area contributed by atoms with Crippen molar-refractivity contribution in [2.75, 3.05) is 19.6 Å². The maximum atomic E-state index is 10.8. The highest BCUT2D eigenvalue weighted by Gasteiger charge is 2.08. The van der Waals surface area contributed by atoms with Crippen molar-refractivity contribution in [1.82, 2.24) is 4.90 Å². The molecule has 0 bridgehead atoms. The normalized spacial score (nSPS) is 10.9. The molecule has 0 aliphatic heterocycles. The summed E-state index contributed by atoms with van der Waals surface area (Å²) in [6, 6.07) is 0. The topological polar surface area (TPSA) is 40.5 Å². The molecule has 1 N–H and O–H groups in total. The molecule has 0 unspecified atom stereocenters. The number of hydrogen-bond acceptors (Lipinski definition) is 2. The third-order valence-electron chi connectivity index (χ3n) is 3.69. The molecule has 0 aliphatic carbocycles. The van der Waals surface area contributed by atoms with E-state index in [9.17, 15) is 4.79 Å². The monoisotopic (exact) mass is 283 g/mol. The predicted octanol–water partition coefficient (Wildman–Crippen LogP) is 4.48. The van der Waals surface area contributed by atoms with Crippen molar-refractivity contribution < 1.29 is 9.90 Å². The molecule has 0 heterocycles. The van der Waals surface area contributed by atoms with Crippen molar-refractivity contribution >= 4 is 5.97 Å². The Balaban J connectivity index is 3.96. The minimum absolute atomic E-state index is 0.331. The van der Waals surface area contributed by atoms with Crippen LogP contribution in [0.2, 0.25) is 0 Å². The molecule has 0 aromatic carbocycles. The standard InChI is InChI=1S/C17H33NO2/c1-4-6-8-10-13-18(14-11-9-7-5-2)15-12-16(3)17(19)20/h3-15H2,1-2H3,(H,19,20). The van der Waals surface area contributed by atoms with Gasteiger partial charge >= 0.3 is 5.97 Å². The molecule has 0 saturated carbocycles. The molecule has 3 heteroatoms. The number of aliphatic carboxylic acids is 1. The van der Waals surface area contributed by atoms with E-state index in [0.717, 1.165) is 19.6 Å². The largest absolute Gasteiger partial charge is 0.478 e. The zero-order chi connectivity index (χ0) is 15.2. The molecule has 0 aromatic rings. The van der Waals surface area contributed by atoms with Crippen molar-refractivity contribution in [2.24, 2.45) is 0 Å². The quantitative estimate of drug-likeness (QED) is 0.377. The molecule has 0 amide bonds. The van der Waals surface area contributed by atoms with Gasteiger partial charge in [-0.1, -0.05) is 59.0 Å². The molecule has 0 aliphatic rings. The summed E-state index contributed by atoms with van der Waals surface area (Å²) in [5.74, 6) is -0.859. The SMILES string of the molecule is C=C(CCN(CCCCCC)CCCCCC)C(=O)O. The van der Waals surface area contributed by atoms with Crippen LogP contribution in [-0.2, 0) is 4.79 Å². The molecular weight excluding hydrogens is 250 g/mol. The summed E-state index contributed by atoms with van der Waals surface area (Å²) in [5, 5.41) is 8.87. The number of carboxylic acids is 1. The van der Waals surface area contributed by atoms with E-state index >= 15 is 0 Å². The van der Waals surface area contributed by atoms with Gasteiger partial charge in [0.15, 0.2) is 0 Å². The second-order valence-electron chi connectivity index (χ2n) is 5.62. The zero-order valence-electron chi connectivity index (χ0n) is 13.5. The van der Waals surface area contributed by atoms with Crippen LogP contribution in [0.4, 0.5) is 0 Å². The Labute approximate surface area is 125 Å². The molecular formula is C17H33NO2. The number of nitrogens with zero attached hydrogens (tertiary/aromatic N) is 1. The Bertz CT molecular complexity index is 252. The van der Waals surface area contributed by atoms with Crippen LogP contribution >= 0.6 is 0 Å². The van der Waals surface area contributed by atoms with E-state index in [1.165, 1.54) is 51.4 Å². The molecule has 0 radical (unpaired) electrons. The van der Waals surface area contributed by atoms with Gasteiger partial charge in [-0.25, -0.2) is 4.79 Å². The second-order valence-corrected chi connectivity index (χ2v) is 5.62. The minimum Gasteiger partial charge on any atom is -0.478 e. The van der Waals surface area contributed by atoms with Gasteiger partial charge in [-0.2, -0.15) is 0 Å². The van der Waals surface area contributed by atoms with Crippen molar-refractivity contribution in [3.8, 4) is 0 Å². The lowest BCUT2D eigenvalue weighted by Crippen LogP contribution is -2.28. The lowest BCUT2D eigenvalue weighted by atomic mass is 10.1. The Kier molecular flexibility index (Phi) is 12.6. The summed E-state index contributed by atoms with van der Waals surface area (Å²) in [4.78, 5) is 13.2. The summed E-state index contributed by atoms with van der Waals surface area (Å²) in [7, 11) is 0. The van der Waals surface area contributed by atoms with Gasteiger partial charge in [0, 0.05) is 12.1 Å². The van der Waals surface area contributed by atoms with Gasteiger partial charge < -0.3 is 10.0 Å². The summed E-state index contributed by atoms with van der Waals surface area (Å²) in [6.07, 6.45) is 10.7. The number of carbonyl (C=O) groups is 1. The van der Waals surface area contributed by atoms with Crippen LogP contribution in [0.1, 0.15) is 71.6 Å². The molecule has 0 atom stereocenters. The first kappa shape index (κ1) is 19.2. The first-order valence-electron chi connectivity index (χ1n) is 8.25. The van der Waals surface area contributed by atoms with Gasteiger partial charge in [-0.3, -0.25) is 0 Å². The highest BCUT2D eigenvalue weighted by molar-refractivity contribution is 5.85. The van der Waals surface area contributed by atoms with Gasteiger partial charge in [0.1, 0.15) is 0 Å². The van der Waals surface area contributed by atoms with Crippen LogP contribution in [-0.4, -0.2) is 35.6 Å². The fourth-order valence-electron chi connectivity index (χ4n) is 2.26. The van der Waals surface area contributed by atoms with Gasteiger partial charge in [0.05, 0.1) is 0 Å². The number of carboxylic acid groups (broad SMARTS) is 1. The maximum Gasteiger partial charge on any atom is 0.331 e. The van der Waals surface area contributed by atoms with E-state index in [2.05, 4.69) is 25.3 Å². The van der Waals surface area contributed by atoms with Crippen LogP contribution in [0.15, 0.2) is 12.2 Å². The predicted molar refractivity (Wildman–Crippen MR) is 86.1 cm³/mol. The smallest absolute Gasteiger partial charge is 0.331 e. The summed E-state index contributed by atoms with van der Waals surface area (Å²) in [6.45, 7) is 11.1. The van der Waals surface area contributed by atoms with Gasteiger partial charge in [0.25, 0.3) is 0 Å². The van der Waals surface area contributed by atoms with Crippen LogP contribution < -0.4 is 0 Å². The highest BCUT2D eigenvalue weighted by atomic mass is 16.4. The van der Waals surface area contributed by atoms with Crippen molar-refractivity contribution in [3.63, 3.8) is 0 Å². The third kappa shape index (κ3) is 11.0. The average molecular weight is 283 g/mol. The lowest BCUT2D eigenvalue weighted by Gasteiger charge is -2.22. The molecule has 20 heavy (non-hydrogen) atoms. The molecule has 118 valence electrons. The number of rotatable bonds is 14. The Morgan fingerprint density at radius 1 is 0.900 bits per heavy atom. The number of hydrogen-bond donors (Lipinski definition) is 1. The highest BCUT2D eigenvalue weighted by Crippen LogP contribution is 2.08. The van der Waals surface area contributed by atoms with E-state index in [-0.39, 0.29) is 0 Å². The molecule has 0 aromatic heterocycles.